The highest BCUT2D eigenvalue weighted by Crippen LogP contribution is 2.42. The van der Waals surface area contributed by atoms with Gasteiger partial charge in [0.15, 0.2) is 0 Å². The average Bonchev–Trinajstić information content (AvgIpc) is 2.62. The third-order valence-corrected chi connectivity index (χ3v) is 4.79. The van der Waals surface area contributed by atoms with Crippen LogP contribution in [0.3, 0.4) is 0 Å². The third kappa shape index (κ3) is 2.34. The van der Waals surface area contributed by atoms with Gasteiger partial charge in [0.2, 0.25) is 0 Å². The number of piperidine rings is 1. The average molecular weight is 348 g/mol. The Morgan fingerprint density at radius 3 is 2.30 bits per heavy atom. The first kappa shape index (κ1) is 13.9. The smallest absolute Gasteiger partial charge is 0.365 e. The van der Waals surface area contributed by atoms with E-state index in [1.165, 1.54) is 12.1 Å². The Morgan fingerprint density at radius 2 is 1.75 bits per heavy atom. The predicted octanol–water partition coefficient (Wildman–Crippen LogP) is 4.17. The molecule has 2 fully saturated rings. The zero-order valence-electron chi connectivity index (χ0n) is 10.6. The second kappa shape index (κ2) is 4.76. The van der Waals surface area contributed by atoms with E-state index in [9.17, 15) is 18.0 Å². The number of carbonyl (C=O) groups excluding carboxylic acids is 1. The van der Waals surface area contributed by atoms with Gasteiger partial charge in [-0.05, 0) is 31.0 Å². The summed E-state index contributed by atoms with van der Waals surface area (Å²) in [6.07, 6.45) is -1.71. The molecule has 0 spiro atoms. The van der Waals surface area contributed by atoms with Crippen LogP contribution in [-0.4, -0.2) is 17.9 Å². The van der Waals surface area contributed by atoms with Crippen molar-refractivity contribution in [1.29, 1.82) is 0 Å². The quantitative estimate of drug-likeness (QED) is 0.759. The van der Waals surface area contributed by atoms with Crippen LogP contribution in [0.4, 0.5) is 18.9 Å². The molecule has 2 saturated heterocycles. The lowest BCUT2D eigenvalue weighted by Crippen LogP contribution is -2.43. The molecule has 2 heterocycles. The Bertz CT molecular complexity index is 542. The molecular formula is C14H13BrF3NO. The maximum atomic E-state index is 13.0. The number of Topliss-reactive ketones (excluding diaryl/α,β-unsaturated/α-hetero) is 1. The number of ketones is 1. The second-order valence-corrected chi connectivity index (χ2v) is 6.26. The van der Waals surface area contributed by atoms with Crippen LogP contribution in [-0.2, 0) is 11.0 Å². The van der Waals surface area contributed by atoms with Gasteiger partial charge in [0.05, 0.1) is 5.56 Å². The fourth-order valence-electron chi connectivity index (χ4n) is 3.28. The molecule has 20 heavy (non-hydrogen) atoms. The SMILES string of the molecule is O=C1CC2CCC(C1)N2c1ccc(Br)c(C(F)(F)F)c1. The van der Waals surface area contributed by atoms with Gasteiger partial charge < -0.3 is 4.90 Å². The monoisotopic (exact) mass is 347 g/mol. The Morgan fingerprint density at radius 1 is 1.15 bits per heavy atom. The minimum atomic E-state index is -4.38. The Labute approximate surface area is 123 Å². The van der Waals surface area contributed by atoms with E-state index >= 15 is 0 Å². The van der Waals surface area contributed by atoms with E-state index in [2.05, 4.69) is 15.9 Å². The van der Waals surface area contributed by atoms with Gasteiger partial charge in [-0.3, -0.25) is 4.79 Å². The topological polar surface area (TPSA) is 20.3 Å². The molecule has 6 heteroatoms. The number of benzene rings is 1. The van der Waals surface area contributed by atoms with Crippen molar-refractivity contribution in [2.24, 2.45) is 0 Å². The van der Waals surface area contributed by atoms with Crippen LogP contribution < -0.4 is 4.90 Å². The number of halogens is 4. The van der Waals surface area contributed by atoms with Crippen molar-refractivity contribution in [2.45, 2.75) is 43.9 Å². The molecule has 0 radical (unpaired) electrons. The molecule has 0 saturated carbocycles. The van der Waals surface area contributed by atoms with E-state index in [0.717, 1.165) is 12.8 Å². The maximum absolute atomic E-state index is 13.0. The van der Waals surface area contributed by atoms with E-state index in [1.54, 1.807) is 6.07 Å². The van der Waals surface area contributed by atoms with Crippen LogP contribution >= 0.6 is 15.9 Å². The maximum Gasteiger partial charge on any atom is 0.417 e. The molecule has 0 N–H and O–H groups in total. The number of rotatable bonds is 1. The van der Waals surface area contributed by atoms with Gasteiger partial charge in [-0.15, -0.1) is 0 Å². The minimum Gasteiger partial charge on any atom is -0.365 e. The lowest BCUT2D eigenvalue weighted by molar-refractivity contribution is -0.138. The first-order chi connectivity index (χ1) is 9.36. The molecule has 2 nitrogen and oxygen atoms in total. The van der Waals surface area contributed by atoms with Gasteiger partial charge in [-0.1, -0.05) is 15.9 Å². The van der Waals surface area contributed by atoms with Crippen molar-refractivity contribution in [3.63, 3.8) is 0 Å². The fraction of sp³-hybridized carbons (Fsp3) is 0.500. The van der Waals surface area contributed by atoms with Crippen molar-refractivity contribution < 1.29 is 18.0 Å². The summed E-state index contributed by atoms with van der Waals surface area (Å²) >= 11 is 2.95. The summed E-state index contributed by atoms with van der Waals surface area (Å²) in [5.41, 5.74) is -0.0909. The summed E-state index contributed by atoms with van der Waals surface area (Å²) in [7, 11) is 0. The van der Waals surface area contributed by atoms with E-state index in [0.29, 0.717) is 18.5 Å². The summed E-state index contributed by atoms with van der Waals surface area (Å²) in [6.45, 7) is 0. The number of nitrogens with zero attached hydrogens (tertiary/aromatic N) is 1. The van der Waals surface area contributed by atoms with E-state index in [1.807, 2.05) is 4.90 Å². The highest BCUT2D eigenvalue weighted by Gasteiger charge is 2.41. The van der Waals surface area contributed by atoms with Crippen LogP contribution in [0.5, 0.6) is 0 Å². The summed E-state index contributed by atoms with van der Waals surface area (Å²) in [5, 5.41) is 0. The van der Waals surface area contributed by atoms with Crippen molar-refractivity contribution in [2.75, 3.05) is 4.90 Å². The highest BCUT2D eigenvalue weighted by molar-refractivity contribution is 9.10. The van der Waals surface area contributed by atoms with Gasteiger partial charge in [0.1, 0.15) is 5.78 Å². The molecule has 1 aromatic rings. The summed E-state index contributed by atoms with van der Waals surface area (Å²) in [5.74, 6) is 0.224. The van der Waals surface area contributed by atoms with Crippen LogP contribution in [0.1, 0.15) is 31.2 Å². The summed E-state index contributed by atoms with van der Waals surface area (Å²) < 4.78 is 38.9. The van der Waals surface area contributed by atoms with Crippen LogP contribution in [0.2, 0.25) is 0 Å². The largest absolute Gasteiger partial charge is 0.417 e. The molecule has 108 valence electrons. The lowest BCUT2D eigenvalue weighted by atomic mass is 10.00. The molecule has 2 unspecified atom stereocenters. The van der Waals surface area contributed by atoms with Gasteiger partial charge >= 0.3 is 6.18 Å². The molecule has 2 atom stereocenters. The number of fused-ring (bicyclic) bond motifs is 2. The third-order valence-electron chi connectivity index (χ3n) is 4.10. The van der Waals surface area contributed by atoms with E-state index in [4.69, 9.17) is 0 Å². The Kier molecular flexibility index (Phi) is 3.31. The van der Waals surface area contributed by atoms with Crippen LogP contribution in [0.25, 0.3) is 0 Å². The number of alkyl halides is 3. The van der Waals surface area contributed by atoms with Crippen LogP contribution in [0, 0.1) is 0 Å². The van der Waals surface area contributed by atoms with Gasteiger partial charge in [-0.2, -0.15) is 13.2 Å². The standard InChI is InChI=1S/C14H13BrF3NO/c15-13-4-3-10(7-12(13)14(16,17)18)19-8-1-2-9(19)6-11(20)5-8/h3-4,7-9H,1-2,5-6H2. The molecule has 0 aromatic heterocycles. The Hall–Kier alpha value is -1.04. The highest BCUT2D eigenvalue weighted by atomic mass is 79.9. The van der Waals surface area contributed by atoms with Crippen molar-refractivity contribution in [3.05, 3.63) is 28.2 Å². The summed E-state index contributed by atoms with van der Waals surface area (Å²) in [6, 6.07) is 4.44. The van der Waals surface area contributed by atoms with Crippen molar-refractivity contribution in [3.8, 4) is 0 Å². The first-order valence-electron chi connectivity index (χ1n) is 6.53. The molecule has 0 amide bonds. The first-order valence-corrected chi connectivity index (χ1v) is 7.32. The zero-order chi connectivity index (χ0) is 14.5. The van der Waals surface area contributed by atoms with Gasteiger partial charge in [-0.25, -0.2) is 0 Å². The molecule has 3 rings (SSSR count). The second-order valence-electron chi connectivity index (χ2n) is 5.40. The summed E-state index contributed by atoms with van der Waals surface area (Å²) in [4.78, 5) is 13.6. The van der Waals surface area contributed by atoms with Crippen molar-refractivity contribution in [1.82, 2.24) is 0 Å². The fourth-order valence-corrected chi connectivity index (χ4v) is 3.76. The van der Waals surface area contributed by atoms with E-state index in [-0.39, 0.29) is 22.3 Å². The Balaban J connectivity index is 1.98. The van der Waals surface area contributed by atoms with Crippen LogP contribution in [0.15, 0.2) is 22.7 Å². The number of hydrogen-bond acceptors (Lipinski definition) is 2. The normalized spacial score (nSPS) is 26.2. The number of hydrogen-bond donors (Lipinski definition) is 0. The lowest BCUT2D eigenvalue weighted by Gasteiger charge is -2.36. The molecule has 0 aliphatic carbocycles. The molecule has 1 aromatic carbocycles. The van der Waals surface area contributed by atoms with Gasteiger partial charge in [0, 0.05) is 35.1 Å². The zero-order valence-corrected chi connectivity index (χ0v) is 12.2. The minimum absolute atomic E-state index is 0.0502. The number of anilines is 1. The van der Waals surface area contributed by atoms with E-state index < -0.39 is 11.7 Å². The van der Waals surface area contributed by atoms with Gasteiger partial charge in [0.25, 0.3) is 0 Å². The predicted molar refractivity (Wildman–Crippen MR) is 72.7 cm³/mol. The molecule has 2 aliphatic rings. The molecule has 2 bridgehead atoms. The molecule has 2 aliphatic heterocycles. The van der Waals surface area contributed by atoms with Crippen molar-refractivity contribution >= 4 is 27.4 Å². The number of carbonyl (C=O) groups is 1. The molecular weight excluding hydrogens is 335 g/mol.